The lowest BCUT2D eigenvalue weighted by atomic mass is 10.1. The Labute approximate surface area is 104 Å². The average Bonchev–Trinajstić information content (AvgIpc) is 2.35. The lowest BCUT2D eigenvalue weighted by Crippen LogP contribution is -2.18. The van der Waals surface area contributed by atoms with E-state index in [1.807, 2.05) is 0 Å². The van der Waals surface area contributed by atoms with Crippen molar-refractivity contribution in [3.63, 3.8) is 0 Å². The van der Waals surface area contributed by atoms with E-state index in [2.05, 4.69) is 72.7 Å². The maximum absolute atomic E-state index is 2.31. The zero-order valence-corrected chi connectivity index (χ0v) is 10.3. The molecule has 1 nitrogen and oxygen atoms in total. The molecule has 1 heteroatoms. The van der Waals surface area contributed by atoms with E-state index in [-0.39, 0.29) is 0 Å². The van der Waals surface area contributed by atoms with Crippen LogP contribution < -0.4 is 4.90 Å². The molecule has 0 fully saturated rings. The molecule has 1 aliphatic heterocycles. The summed E-state index contributed by atoms with van der Waals surface area (Å²) in [6.07, 6.45) is 15.1. The summed E-state index contributed by atoms with van der Waals surface area (Å²) >= 11 is 0. The molecule has 1 aromatic rings. The van der Waals surface area contributed by atoms with Gasteiger partial charge in [0.2, 0.25) is 0 Å². The zero-order chi connectivity index (χ0) is 11.9. The van der Waals surface area contributed by atoms with Crippen LogP contribution in [0.15, 0.2) is 54.6 Å². The van der Waals surface area contributed by atoms with Crippen LogP contribution in [-0.2, 0) is 0 Å². The summed E-state index contributed by atoms with van der Waals surface area (Å²) in [7, 11) is 2.15. The minimum absolute atomic E-state index is 0.988. The second-order valence-electron chi connectivity index (χ2n) is 4.26. The predicted octanol–water partition coefficient (Wildman–Crippen LogP) is 4.04. The highest BCUT2D eigenvalue weighted by atomic mass is 15.1. The molecule has 1 heterocycles. The van der Waals surface area contributed by atoms with Crippen LogP contribution in [-0.4, -0.2) is 13.6 Å². The van der Waals surface area contributed by atoms with E-state index in [0.717, 1.165) is 19.4 Å². The van der Waals surface area contributed by atoms with Gasteiger partial charge in [0.05, 0.1) is 0 Å². The van der Waals surface area contributed by atoms with E-state index in [1.165, 1.54) is 11.3 Å². The molecule has 0 N–H and O–H groups in total. The molecule has 0 atom stereocenters. The molecule has 0 radical (unpaired) electrons. The largest absolute Gasteiger partial charge is 0.374 e. The second kappa shape index (κ2) is 6.09. The standard InChI is InChI=1S/C16H19N/c1-17-14-10-6-4-2-3-5-7-11-15-12-8-9-13-16(15)17/h2-4,6-9,11-13H,5,10,14H2,1H3/b3-2-,6-4-,11-7-. The van der Waals surface area contributed by atoms with Gasteiger partial charge in [0.15, 0.2) is 0 Å². The molecule has 0 aliphatic carbocycles. The lowest BCUT2D eigenvalue weighted by molar-refractivity contribution is 0.897. The average molecular weight is 225 g/mol. The highest BCUT2D eigenvalue weighted by Crippen LogP contribution is 2.21. The van der Waals surface area contributed by atoms with E-state index in [4.69, 9.17) is 0 Å². The minimum Gasteiger partial charge on any atom is -0.374 e. The molecular weight excluding hydrogens is 206 g/mol. The number of para-hydroxylation sites is 1. The predicted molar refractivity (Wildman–Crippen MR) is 76.3 cm³/mol. The fraction of sp³-hybridized carbons (Fsp3) is 0.250. The van der Waals surface area contributed by atoms with Gasteiger partial charge in [-0.05, 0) is 24.5 Å². The first kappa shape index (κ1) is 11.7. The normalized spacial score (nSPS) is 21.8. The van der Waals surface area contributed by atoms with Crippen LogP contribution in [0.1, 0.15) is 18.4 Å². The van der Waals surface area contributed by atoms with Crippen LogP contribution in [0.5, 0.6) is 0 Å². The quantitative estimate of drug-likeness (QED) is 0.644. The van der Waals surface area contributed by atoms with E-state index in [0.29, 0.717) is 0 Å². The Morgan fingerprint density at radius 1 is 1.00 bits per heavy atom. The highest BCUT2D eigenvalue weighted by molar-refractivity contribution is 5.67. The van der Waals surface area contributed by atoms with Gasteiger partial charge < -0.3 is 4.90 Å². The molecular formula is C16H19N. The fourth-order valence-corrected chi connectivity index (χ4v) is 1.97. The first-order valence-corrected chi connectivity index (χ1v) is 6.16. The summed E-state index contributed by atoms with van der Waals surface area (Å²) < 4.78 is 0. The van der Waals surface area contributed by atoms with Gasteiger partial charge >= 0.3 is 0 Å². The van der Waals surface area contributed by atoms with Crippen molar-refractivity contribution in [2.24, 2.45) is 0 Å². The van der Waals surface area contributed by atoms with Gasteiger partial charge in [-0.3, -0.25) is 0 Å². The smallest absolute Gasteiger partial charge is 0.0437 e. The first-order chi connectivity index (χ1) is 8.38. The number of hydrogen-bond acceptors (Lipinski definition) is 1. The fourth-order valence-electron chi connectivity index (χ4n) is 1.97. The zero-order valence-electron chi connectivity index (χ0n) is 10.3. The topological polar surface area (TPSA) is 3.24 Å². The summed E-state index contributed by atoms with van der Waals surface area (Å²) in [5.41, 5.74) is 2.61. The number of nitrogens with zero attached hydrogens (tertiary/aromatic N) is 1. The summed E-state index contributed by atoms with van der Waals surface area (Å²) in [6, 6.07) is 8.56. The van der Waals surface area contributed by atoms with Crippen molar-refractivity contribution in [3.8, 4) is 0 Å². The van der Waals surface area contributed by atoms with Crippen LogP contribution in [0, 0.1) is 0 Å². The number of fused-ring (bicyclic) bond motifs is 1. The van der Waals surface area contributed by atoms with Crippen molar-refractivity contribution >= 4 is 11.8 Å². The van der Waals surface area contributed by atoms with Gasteiger partial charge in [0.25, 0.3) is 0 Å². The van der Waals surface area contributed by atoms with Crippen LogP contribution in [0.2, 0.25) is 0 Å². The molecule has 1 aromatic carbocycles. The minimum atomic E-state index is 0.988. The van der Waals surface area contributed by atoms with Crippen LogP contribution in [0.4, 0.5) is 5.69 Å². The Morgan fingerprint density at radius 3 is 2.76 bits per heavy atom. The molecule has 17 heavy (non-hydrogen) atoms. The molecule has 2 rings (SSSR count). The van der Waals surface area contributed by atoms with E-state index in [9.17, 15) is 0 Å². The van der Waals surface area contributed by atoms with Gasteiger partial charge in [-0.2, -0.15) is 0 Å². The molecule has 0 unspecified atom stereocenters. The molecule has 0 saturated heterocycles. The second-order valence-corrected chi connectivity index (χ2v) is 4.26. The first-order valence-electron chi connectivity index (χ1n) is 6.16. The molecule has 0 spiro atoms. The number of allylic oxidation sites excluding steroid dienone is 4. The molecule has 88 valence electrons. The van der Waals surface area contributed by atoms with Crippen LogP contribution >= 0.6 is 0 Å². The molecule has 1 aliphatic rings. The lowest BCUT2D eigenvalue weighted by Gasteiger charge is -2.20. The summed E-state index contributed by atoms with van der Waals surface area (Å²) in [4.78, 5) is 2.31. The monoisotopic (exact) mass is 225 g/mol. The Bertz CT molecular complexity index is 441. The summed E-state index contributed by atoms with van der Waals surface area (Å²) in [6.45, 7) is 1.05. The van der Waals surface area contributed by atoms with Gasteiger partial charge in [0.1, 0.15) is 0 Å². The molecule has 0 aromatic heterocycles. The number of hydrogen-bond donors (Lipinski definition) is 0. The van der Waals surface area contributed by atoms with Gasteiger partial charge in [-0.25, -0.2) is 0 Å². The van der Waals surface area contributed by atoms with Crippen molar-refractivity contribution in [1.82, 2.24) is 0 Å². The number of benzene rings is 1. The molecule has 0 saturated carbocycles. The molecule has 0 bridgehead atoms. The third kappa shape index (κ3) is 3.35. The Kier molecular flexibility index (Phi) is 4.20. The van der Waals surface area contributed by atoms with Crippen molar-refractivity contribution in [2.45, 2.75) is 12.8 Å². The van der Waals surface area contributed by atoms with Crippen molar-refractivity contribution in [2.75, 3.05) is 18.5 Å². The van der Waals surface area contributed by atoms with E-state index >= 15 is 0 Å². The van der Waals surface area contributed by atoms with Crippen LogP contribution in [0.3, 0.4) is 0 Å². The van der Waals surface area contributed by atoms with Crippen LogP contribution in [0.25, 0.3) is 6.08 Å². The summed E-state index contributed by atoms with van der Waals surface area (Å²) in [5, 5.41) is 0. The highest BCUT2D eigenvalue weighted by Gasteiger charge is 2.03. The van der Waals surface area contributed by atoms with Gasteiger partial charge in [-0.15, -0.1) is 0 Å². The Morgan fingerprint density at radius 2 is 1.82 bits per heavy atom. The maximum atomic E-state index is 2.31. The SMILES string of the molecule is CN1CC/C=C\C=C/C/C=C\c2ccccc21. The van der Waals surface area contributed by atoms with E-state index < -0.39 is 0 Å². The van der Waals surface area contributed by atoms with Gasteiger partial charge in [0, 0.05) is 19.3 Å². The van der Waals surface area contributed by atoms with E-state index in [1.54, 1.807) is 0 Å². The Hall–Kier alpha value is -1.76. The molecule has 0 amide bonds. The third-order valence-electron chi connectivity index (χ3n) is 2.93. The summed E-state index contributed by atoms with van der Waals surface area (Å²) in [5.74, 6) is 0. The number of anilines is 1. The van der Waals surface area contributed by atoms with Crippen molar-refractivity contribution in [1.29, 1.82) is 0 Å². The number of rotatable bonds is 0. The van der Waals surface area contributed by atoms with Crippen molar-refractivity contribution in [3.05, 3.63) is 60.2 Å². The third-order valence-corrected chi connectivity index (χ3v) is 2.93. The maximum Gasteiger partial charge on any atom is 0.0437 e. The van der Waals surface area contributed by atoms with Crippen molar-refractivity contribution < 1.29 is 0 Å². The van der Waals surface area contributed by atoms with Gasteiger partial charge in [-0.1, -0.05) is 54.7 Å². The Balaban J connectivity index is 2.28.